The molecule has 0 saturated carbocycles. The summed E-state index contributed by atoms with van der Waals surface area (Å²) in [6.45, 7) is 1.77. The molecule has 2 aromatic carbocycles. The lowest BCUT2D eigenvalue weighted by Crippen LogP contribution is -2.05. The number of aromatic nitrogens is 1. The third-order valence-corrected chi connectivity index (χ3v) is 4.49. The first-order valence-corrected chi connectivity index (χ1v) is 7.75. The minimum atomic E-state index is -4.48. The lowest BCUT2D eigenvalue weighted by Gasteiger charge is -2.09. The molecular weight excluding hydrogens is 355 g/mol. The van der Waals surface area contributed by atoms with Gasteiger partial charge in [-0.05, 0) is 41.8 Å². The summed E-state index contributed by atoms with van der Waals surface area (Å²) in [6, 6.07) is 8.12. The van der Waals surface area contributed by atoms with Gasteiger partial charge in [0.1, 0.15) is 0 Å². The number of H-pyrrole nitrogens is 1. The van der Waals surface area contributed by atoms with Gasteiger partial charge in [0, 0.05) is 10.4 Å². The first kappa shape index (κ1) is 17.4. The second-order valence-corrected chi connectivity index (χ2v) is 6.13. The SMILES string of the molecule is Cc1c(Cl)ccc2c(CC(=O)O)c(-c3cccc(C(F)(F)F)c3)[nH]c12. The molecule has 7 heteroatoms. The van der Waals surface area contributed by atoms with Gasteiger partial charge in [-0.25, -0.2) is 0 Å². The summed E-state index contributed by atoms with van der Waals surface area (Å²) in [5.74, 6) is -1.07. The minimum absolute atomic E-state index is 0.276. The van der Waals surface area contributed by atoms with E-state index in [4.69, 9.17) is 11.6 Å². The van der Waals surface area contributed by atoms with Crippen molar-refractivity contribution in [3.05, 3.63) is 58.1 Å². The van der Waals surface area contributed by atoms with Gasteiger partial charge in [0.05, 0.1) is 23.2 Å². The fourth-order valence-corrected chi connectivity index (χ4v) is 3.02. The number of aliphatic carboxylic acids is 1. The van der Waals surface area contributed by atoms with Gasteiger partial charge in [0.25, 0.3) is 0 Å². The molecule has 0 spiro atoms. The van der Waals surface area contributed by atoms with Gasteiger partial charge in [-0.1, -0.05) is 29.8 Å². The standard InChI is InChI=1S/C18H13ClF3NO2/c1-9-14(19)6-5-12-13(8-15(24)25)17(23-16(9)12)10-3-2-4-11(7-10)18(20,21)22/h2-7,23H,8H2,1H3,(H,24,25). The van der Waals surface area contributed by atoms with Crippen molar-refractivity contribution in [2.75, 3.05) is 0 Å². The summed E-state index contributed by atoms with van der Waals surface area (Å²) < 4.78 is 39.0. The van der Waals surface area contributed by atoms with Crippen LogP contribution in [0.15, 0.2) is 36.4 Å². The van der Waals surface area contributed by atoms with E-state index in [-0.39, 0.29) is 12.0 Å². The Hall–Kier alpha value is -2.47. The van der Waals surface area contributed by atoms with Crippen LogP contribution >= 0.6 is 11.6 Å². The van der Waals surface area contributed by atoms with Crippen LogP contribution in [-0.2, 0) is 17.4 Å². The molecule has 3 rings (SSSR count). The predicted molar refractivity (Wildman–Crippen MR) is 89.8 cm³/mol. The molecule has 0 bridgehead atoms. The average Bonchev–Trinajstić information content (AvgIpc) is 2.89. The van der Waals surface area contributed by atoms with E-state index < -0.39 is 17.7 Å². The first-order chi connectivity index (χ1) is 11.7. The highest BCUT2D eigenvalue weighted by Crippen LogP contribution is 2.37. The Labute approximate surface area is 146 Å². The lowest BCUT2D eigenvalue weighted by atomic mass is 10.0. The number of carboxylic acid groups (broad SMARTS) is 1. The van der Waals surface area contributed by atoms with Crippen LogP contribution in [0.3, 0.4) is 0 Å². The Morgan fingerprint density at radius 1 is 1.24 bits per heavy atom. The highest BCUT2D eigenvalue weighted by molar-refractivity contribution is 6.32. The summed E-state index contributed by atoms with van der Waals surface area (Å²) in [5.41, 5.74) is 1.60. The quantitative estimate of drug-likeness (QED) is 0.647. The molecule has 0 atom stereocenters. The Bertz CT molecular complexity index is 976. The molecule has 130 valence electrons. The van der Waals surface area contributed by atoms with E-state index in [0.717, 1.165) is 12.1 Å². The smallest absolute Gasteiger partial charge is 0.416 e. The number of carboxylic acids is 1. The predicted octanol–water partition coefficient (Wildman–Crippen LogP) is 5.44. The maximum atomic E-state index is 13.0. The van der Waals surface area contributed by atoms with Gasteiger partial charge in [-0.15, -0.1) is 0 Å². The van der Waals surface area contributed by atoms with Crippen molar-refractivity contribution in [2.45, 2.75) is 19.5 Å². The number of halogens is 4. The van der Waals surface area contributed by atoms with Gasteiger partial charge in [0.2, 0.25) is 0 Å². The highest BCUT2D eigenvalue weighted by Gasteiger charge is 2.31. The molecule has 0 amide bonds. The summed E-state index contributed by atoms with van der Waals surface area (Å²) >= 11 is 6.10. The molecule has 25 heavy (non-hydrogen) atoms. The van der Waals surface area contributed by atoms with Crippen LogP contribution in [0.4, 0.5) is 13.2 Å². The Morgan fingerprint density at radius 2 is 1.96 bits per heavy atom. The number of hydrogen-bond acceptors (Lipinski definition) is 1. The largest absolute Gasteiger partial charge is 0.481 e. The lowest BCUT2D eigenvalue weighted by molar-refractivity contribution is -0.138. The summed E-state index contributed by atoms with van der Waals surface area (Å²) in [4.78, 5) is 14.3. The summed E-state index contributed by atoms with van der Waals surface area (Å²) in [7, 11) is 0. The molecule has 1 aromatic heterocycles. The van der Waals surface area contributed by atoms with Gasteiger partial charge in [-0.2, -0.15) is 13.2 Å². The van der Waals surface area contributed by atoms with E-state index in [1.807, 2.05) is 0 Å². The topological polar surface area (TPSA) is 53.1 Å². The van der Waals surface area contributed by atoms with Crippen molar-refractivity contribution in [3.63, 3.8) is 0 Å². The summed E-state index contributed by atoms with van der Waals surface area (Å²) in [6.07, 6.45) is -4.79. The second-order valence-electron chi connectivity index (χ2n) is 5.72. The zero-order valence-electron chi connectivity index (χ0n) is 13.0. The van der Waals surface area contributed by atoms with Crippen molar-refractivity contribution in [3.8, 4) is 11.3 Å². The monoisotopic (exact) mass is 367 g/mol. The van der Waals surface area contributed by atoms with Crippen molar-refractivity contribution < 1.29 is 23.1 Å². The average molecular weight is 368 g/mol. The molecule has 0 aliphatic heterocycles. The number of benzene rings is 2. The van der Waals surface area contributed by atoms with Crippen LogP contribution < -0.4 is 0 Å². The molecule has 0 radical (unpaired) electrons. The third kappa shape index (κ3) is 3.22. The van der Waals surface area contributed by atoms with Crippen LogP contribution in [0.2, 0.25) is 5.02 Å². The number of aryl methyl sites for hydroxylation is 1. The van der Waals surface area contributed by atoms with Gasteiger partial charge >= 0.3 is 12.1 Å². The Kier molecular flexibility index (Phi) is 4.24. The maximum absolute atomic E-state index is 13.0. The first-order valence-electron chi connectivity index (χ1n) is 7.37. The van der Waals surface area contributed by atoms with Crippen molar-refractivity contribution in [1.82, 2.24) is 4.98 Å². The van der Waals surface area contributed by atoms with Crippen molar-refractivity contribution in [1.29, 1.82) is 0 Å². The van der Waals surface area contributed by atoms with E-state index >= 15 is 0 Å². The number of carbonyl (C=O) groups is 1. The zero-order valence-corrected chi connectivity index (χ0v) is 13.8. The molecular formula is C18H13ClF3NO2. The zero-order chi connectivity index (χ0) is 18.4. The fourth-order valence-electron chi connectivity index (χ4n) is 2.87. The minimum Gasteiger partial charge on any atom is -0.481 e. The van der Waals surface area contributed by atoms with Crippen LogP contribution in [0.25, 0.3) is 22.2 Å². The summed E-state index contributed by atoms with van der Waals surface area (Å²) in [5, 5.41) is 10.3. The molecule has 0 unspecified atom stereocenters. The van der Waals surface area contributed by atoms with Crippen LogP contribution in [0.5, 0.6) is 0 Å². The molecule has 0 fully saturated rings. The Morgan fingerprint density at radius 3 is 2.60 bits per heavy atom. The van der Waals surface area contributed by atoms with E-state index in [1.165, 1.54) is 12.1 Å². The molecule has 3 nitrogen and oxygen atoms in total. The van der Waals surface area contributed by atoms with E-state index in [9.17, 15) is 23.1 Å². The molecule has 3 aromatic rings. The van der Waals surface area contributed by atoms with Crippen LogP contribution in [0.1, 0.15) is 16.7 Å². The third-order valence-electron chi connectivity index (χ3n) is 4.08. The van der Waals surface area contributed by atoms with Gasteiger partial charge in [0.15, 0.2) is 0 Å². The number of fused-ring (bicyclic) bond motifs is 1. The van der Waals surface area contributed by atoms with Crippen LogP contribution in [-0.4, -0.2) is 16.1 Å². The van der Waals surface area contributed by atoms with E-state index in [0.29, 0.717) is 32.7 Å². The van der Waals surface area contributed by atoms with Gasteiger partial charge < -0.3 is 10.1 Å². The normalized spacial score (nSPS) is 11.9. The molecule has 2 N–H and O–H groups in total. The van der Waals surface area contributed by atoms with Crippen LogP contribution in [0, 0.1) is 6.92 Å². The second kappa shape index (κ2) is 6.11. The number of hydrogen-bond donors (Lipinski definition) is 2. The maximum Gasteiger partial charge on any atom is 0.416 e. The Balaban J connectivity index is 2.28. The molecule has 0 saturated heterocycles. The fraction of sp³-hybridized carbons (Fsp3) is 0.167. The number of aromatic amines is 1. The van der Waals surface area contributed by atoms with Gasteiger partial charge in [-0.3, -0.25) is 4.79 Å². The van der Waals surface area contributed by atoms with E-state index in [2.05, 4.69) is 4.98 Å². The number of alkyl halides is 3. The number of rotatable bonds is 3. The molecule has 0 aliphatic rings. The van der Waals surface area contributed by atoms with E-state index in [1.54, 1.807) is 19.1 Å². The van der Waals surface area contributed by atoms with Crippen molar-refractivity contribution >= 4 is 28.5 Å². The molecule has 1 heterocycles. The number of nitrogens with one attached hydrogen (secondary N) is 1. The highest BCUT2D eigenvalue weighted by atomic mass is 35.5. The van der Waals surface area contributed by atoms with Crippen molar-refractivity contribution in [2.24, 2.45) is 0 Å². The molecule has 0 aliphatic carbocycles.